The molecule has 0 aliphatic heterocycles. The number of primary amides is 1. The van der Waals surface area contributed by atoms with Crippen LogP contribution in [-0.4, -0.2) is 30.9 Å². The van der Waals surface area contributed by atoms with E-state index in [0.717, 1.165) is 18.2 Å². The number of benzene rings is 1. The standard InChI is InChI=1S/C9H11N3O6S/c10-9(14)3-4-11-19(17,18)6-1-2-8(13)7(5-6)12(15)16/h1-2,5,11,13H,3-4H2,(H2,10,14). The number of sulfonamides is 1. The first-order valence-electron chi connectivity index (χ1n) is 4.99. The molecular formula is C9H11N3O6S. The lowest BCUT2D eigenvalue weighted by Crippen LogP contribution is -2.28. The van der Waals surface area contributed by atoms with E-state index in [1.54, 1.807) is 0 Å². The summed E-state index contributed by atoms with van der Waals surface area (Å²) in [7, 11) is -4.00. The molecule has 0 heterocycles. The Hall–Kier alpha value is -2.20. The number of rotatable bonds is 6. The van der Waals surface area contributed by atoms with Gasteiger partial charge >= 0.3 is 5.69 Å². The third-order valence-corrected chi connectivity index (χ3v) is 3.58. The zero-order valence-corrected chi connectivity index (χ0v) is 10.4. The summed E-state index contributed by atoms with van der Waals surface area (Å²) in [5, 5.41) is 19.8. The van der Waals surface area contributed by atoms with Crippen LogP contribution in [0.4, 0.5) is 5.69 Å². The molecule has 0 aliphatic rings. The van der Waals surface area contributed by atoms with Gasteiger partial charge in [0.05, 0.1) is 9.82 Å². The van der Waals surface area contributed by atoms with Crippen LogP contribution in [0.1, 0.15) is 6.42 Å². The number of nitrogens with zero attached hydrogens (tertiary/aromatic N) is 1. The predicted octanol–water partition coefficient (Wildman–Crippen LogP) is -0.546. The molecule has 19 heavy (non-hydrogen) atoms. The Morgan fingerprint density at radius 3 is 2.63 bits per heavy atom. The lowest BCUT2D eigenvalue weighted by molar-refractivity contribution is -0.386. The topological polar surface area (TPSA) is 153 Å². The van der Waals surface area contributed by atoms with Crippen LogP contribution < -0.4 is 10.5 Å². The summed E-state index contributed by atoms with van der Waals surface area (Å²) in [5.74, 6) is -1.32. The smallest absolute Gasteiger partial charge is 0.312 e. The molecule has 9 nitrogen and oxygen atoms in total. The summed E-state index contributed by atoms with van der Waals surface area (Å²) in [6.45, 7) is -0.216. The van der Waals surface area contributed by atoms with E-state index in [1.165, 1.54) is 0 Å². The van der Waals surface area contributed by atoms with E-state index in [0.29, 0.717) is 0 Å². The Balaban J connectivity index is 2.99. The number of phenols is 1. The maximum atomic E-state index is 11.7. The van der Waals surface area contributed by atoms with Crippen molar-refractivity contribution in [2.75, 3.05) is 6.54 Å². The average molecular weight is 289 g/mol. The highest BCUT2D eigenvalue weighted by Gasteiger charge is 2.20. The van der Waals surface area contributed by atoms with Gasteiger partial charge in [-0.1, -0.05) is 0 Å². The van der Waals surface area contributed by atoms with E-state index in [1.807, 2.05) is 0 Å². The minimum atomic E-state index is -4.00. The van der Waals surface area contributed by atoms with Gasteiger partial charge in [-0.25, -0.2) is 13.1 Å². The molecule has 0 radical (unpaired) electrons. The maximum Gasteiger partial charge on any atom is 0.312 e. The van der Waals surface area contributed by atoms with Crippen LogP contribution in [0.25, 0.3) is 0 Å². The molecule has 4 N–H and O–H groups in total. The van der Waals surface area contributed by atoms with E-state index in [4.69, 9.17) is 5.73 Å². The fraction of sp³-hybridized carbons (Fsp3) is 0.222. The largest absolute Gasteiger partial charge is 0.502 e. The molecule has 0 spiro atoms. The summed E-state index contributed by atoms with van der Waals surface area (Å²) in [6.07, 6.45) is -0.195. The minimum absolute atomic E-state index is 0.195. The van der Waals surface area contributed by atoms with Gasteiger partial charge in [-0.3, -0.25) is 14.9 Å². The Labute approximate surface area is 108 Å². The van der Waals surface area contributed by atoms with Crippen molar-refractivity contribution in [2.24, 2.45) is 5.73 Å². The number of nitrogens with two attached hydrogens (primary N) is 1. The number of carbonyl (C=O) groups excluding carboxylic acids is 1. The second-order valence-electron chi connectivity index (χ2n) is 3.52. The second kappa shape index (κ2) is 5.63. The van der Waals surface area contributed by atoms with Crippen molar-refractivity contribution in [2.45, 2.75) is 11.3 Å². The number of nitro benzene ring substituents is 1. The highest BCUT2D eigenvalue weighted by molar-refractivity contribution is 7.89. The number of hydrogen-bond acceptors (Lipinski definition) is 6. The first-order chi connectivity index (χ1) is 8.74. The average Bonchev–Trinajstić information content (AvgIpc) is 2.27. The molecule has 0 atom stereocenters. The molecule has 1 amide bonds. The van der Waals surface area contributed by atoms with E-state index >= 15 is 0 Å². The Kier molecular flexibility index (Phi) is 4.40. The molecule has 0 unspecified atom stereocenters. The van der Waals surface area contributed by atoms with Gasteiger partial charge in [0.1, 0.15) is 0 Å². The lowest BCUT2D eigenvalue weighted by atomic mass is 10.3. The SMILES string of the molecule is NC(=O)CCNS(=O)(=O)c1ccc(O)c([N+](=O)[O-])c1. The lowest BCUT2D eigenvalue weighted by Gasteiger charge is -2.06. The number of nitro groups is 1. The molecule has 10 heteroatoms. The Morgan fingerprint density at radius 1 is 1.47 bits per heavy atom. The van der Waals surface area contributed by atoms with Crippen LogP contribution in [0.2, 0.25) is 0 Å². The number of amides is 1. The Morgan fingerprint density at radius 2 is 2.11 bits per heavy atom. The van der Waals surface area contributed by atoms with Crippen molar-refractivity contribution < 1.29 is 23.2 Å². The summed E-state index contributed by atoms with van der Waals surface area (Å²) in [4.78, 5) is 19.8. The zero-order valence-electron chi connectivity index (χ0n) is 9.57. The third kappa shape index (κ3) is 3.89. The number of aromatic hydroxyl groups is 1. The monoisotopic (exact) mass is 289 g/mol. The van der Waals surface area contributed by atoms with Crippen molar-refractivity contribution in [1.29, 1.82) is 0 Å². The van der Waals surface area contributed by atoms with Gasteiger partial charge in [0.15, 0.2) is 5.75 Å². The Bertz CT molecular complexity index is 612. The number of hydrogen-bond donors (Lipinski definition) is 3. The van der Waals surface area contributed by atoms with Crippen LogP contribution in [0.15, 0.2) is 23.1 Å². The number of nitrogens with one attached hydrogen (secondary N) is 1. The van der Waals surface area contributed by atoms with Crippen molar-refractivity contribution >= 4 is 21.6 Å². The van der Waals surface area contributed by atoms with Crippen LogP contribution in [-0.2, 0) is 14.8 Å². The zero-order chi connectivity index (χ0) is 14.6. The second-order valence-corrected chi connectivity index (χ2v) is 5.29. The van der Waals surface area contributed by atoms with Crippen LogP contribution >= 0.6 is 0 Å². The maximum absolute atomic E-state index is 11.7. The molecule has 104 valence electrons. The van der Waals surface area contributed by atoms with Crippen molar-refractivity contribution in [3.8, 4) is 5.75 Å². The van der Waals surface area contributed by atoms with Crippen LogP contribution in [0, 0.1) is 10.1 Å². The molecular weight excluding hydrogens is 278 g/mol. The van der Waals surface area contributed by atoms with Crippen molar-refractivity contribution in [3.05, 3.63) is 28.3 Å². The fourth-order valence-corrected chi connectivity index (χ4v) is 2.26. The molecule has 0 saturated carbocycles. The third-order valence-electron chi connectivity index (χ3n) is 2.12. The molecule has 1 aromatic rings. The summed E-state index contributed by atoms with van der Waals surface area (Å²) in [6, 6.07) is 2.64. The highest BCUT2D eigenvalue weighted by atomic mass is 32.2. The van der Waals surface area contributed by atoms with E-state index in [-0.39, 0.29) is 17.9 Å². The van der Waals surface area contributed by atoms with Gasteiger partial charge in [-0.15, -0.1) is 0 Å². The first kappa shape index (κ1) is 14.9. The summed E-state index contributed by atoms with van der Waals surface area (Å²) >= 11 is 0. The molecule has 0 aromatic heterocycles. The summed E-state index contributed by atoms with van der Waals surface area (Å²) in [5.41, 5.74) is 4.12. The van der Waals surface area contributed by atoms with Crippen molar-refractivity contribution in [3.63, 3.8) is 0 Å². The van der Waals surface area contributed by atoms with Gasteiger partial charge in [-0.05, 0) is 12.1 Å². The van der Waals surface area contributed by atoms with Crippen LogP contribution in [0.3, 0.4) is 0 Å². The van der Waals surface area contributed by atoms with Gasteiger partial charge in [0.2, 0.25) is 15.9 Å². The first-order valence-corrected chi connectivity index (χ1v) is 6.48. The molecule has 0 bridgehead atoms. The van der Waals surface area contributed by atoms with E-state index in [2.05, 4.69) is 4.72 Å². The summed E-state index contributed by atoms with van der Waals surface area (Å²) < 4.78 is 25.5. The number of carbonyl (C=O) groups is 1. The minimum Gasteiger partial charge on any atom is -0.502 e. The van der Waals surface area contributed by atoms with E-state index < -0.39 is 32.3 Å². The molecule has 0 fully saturated rings. The predicted molar refractivity (Wildman–Crippen MR) is 63.8 cm³/mol. The number of phenolic OH excluding ortho intramolecular Hbond substituents is 1. The molecule has 1 aromatic carbocycles. The molecule has 0 saturated heterocycles. The molecule has 1 rings (SSSR count). The van der Waals surface area contributed by atoms with Crippen LogP contribution in [0.5, 0.6) is 5.75 Å². The van der Waals surface area contributed by atoms with Gasteiger partial charge in [0, 0.05) is 19.0 Å². The molecule has 0 aliphatic carbocycles. The van der Waals surface area contributed by atoms with Gasteiger partial charge in [-0.2, -0.15) is 0 Å². The fourth-order valence-electron chi connectivity index (χ4n) is 1.21. The van der Waals surface area contributed by atoms with Crippen molar-refractivity contribution in [1.82, 2.24) is 4.72 Å². The van der Waals surface area contributed by atoms with Gasteiger partial charge < -0.3 is 10.8 Å². The van der Waals surface area contributed by atoms with Gasteiger partial charge in [0.25, 0.3) is 0 Å². The van der Waals surface area contributed by atoms with E-state index in [9.17, 15) is 28.4 Å². The highest BCUT2D eigenvalue weighted by Crippen LogP contribution is 2.27. The quantitative estimate of drug-likeness (QED) is 0.472. The normalized spacial score (nSPS) is 11.2.